The summed E-state index contributed by atoms with van der Waals surface area (Å²) in [5, 5.41) is 2.97. The molecule has 39 heavy (non-hydrogen) atoms. The van der Waals surface area contributed by atoms with Crippen molar-refractivity contribution < 1.29 is 14.3 Å². The van der Waals surface area contributed by atoms with E-state index in [2.05, 4.69) is 21.4 Å². The molecule has 2 heterocycles. The molecule has 0 saturated carbocycles. The molecule has 2 amide bonds. The van der Waals surface area contributed by atoms with E-state index in [0.29, 0.717) is 41.2 Å². The van der Waals surface area contributed by atoms with Crippen molar-refractivity contribution in [2.45, 2.75) is 25.8 Å². The second-order valence-corrected chi connectivity index (χ2v) is 9.53. The van der Waals surface area contributed by atoms with Gasteiger partial charge in [-0.3, -0.25) is 9.59 Å². The van der Waals surface area contributed by atoms with E-state index in [0.717, 1.165) is 36.3 Å². The summed E-state index contributed by atoms with van der Waals surface area (Å²) >= 11 is 0. The third-order valence-corrected chi connectivity index (χ3v) is 6.57. The molecule has 0 aliphatic carbocycles. The molecule has 5 rings (SSSR count). The molecule has 0 unspecified atom stereocenters. The quantitative estimate of drug-likeness (QED) is 0.310. The molecular formula is C29H33Cl2N5O3. The number of amides is 2. The number of carbonyl (C=O) groups is 2. The van der Waals surface area contributed by atoms with E-state index in [4.69, 9.17) is 4.74 Å². The Hall–Kier alpha value is -3.59. The predicted octanol–water partition coefficient (Wildman–Crippen LogP) is 5.71. The van der Waals surface area contributed by atoms with Crippen molar-refractivity contribution >= 4 is 59.0 Å². The lowest BCUT2D eigenvalue weighted by atomic mass is 10.1. The van der Waals surface area contributed by atoms with Crippen LogP contribution in [0.1, 0.15) is 44.9 Å². The van der Waals surface area contributed by atoms with E-state index in [9.17, 15) is 9.59 Å². The number of nitrogens with one attached hydrogen (secondary N) is 2. The molecule has 10 heteroatoms. The number of fused-ring (bicyclic) bond motifs is 2. The van der Waals surface area contributed by atoms with Gasteiger partial charge < -0.3 is 24.8 Å². The summed E-state index contributed by atoms with van der Waals surface area (Å²) in [6, 6.07) is 18.7. The van der Waals surface area contributed by atoms with Gasteiger partial charge in [-0.2, -0.15) is 0 Å². The van der Waals surface area contributed by atoms with Crippen LogP contribution in [-0.2, 0) is 13.0 Å². The van der Waals surface area contributed by atoms with Gasteiger partial charge in [-0.1, -0.05) is 24.3 Å². The molecule has 3 aromatic carbocycles. The second-order valence-electron chi connectivity index (χ2n) is 9.53. The van der Waals surface area contributed by atoms with Crippen LogP contribution in [0.3, 0.4) is 0 Å². The molecule has 1 aliphatic heterocycles. The number of aryl methyl sites for hydroxylation is 1. The van der Waals surface area contributed by atoms with Gasteiger partial charge >= 0.3 is 0 Å². The van der Waals surface area contributed by atoms with Crippen LogP contribution in [-0.4, -0.2) is 54.4 Å². The number of halogens is 2. The van der Waals surface area contributed by atoms with Gasteiger partial charge in [0.1, 0.15) is 17.1 Å². The maximum absolute atomic E-state index is 13.5. The minimum atomic E-state index is -0.333. The lowest BCUT2D eigenvalue weighted by Crippen LogP contribution is -2.31. The first kappa shape index (κ1) is 30.0. The Bertz CT molecular complexity index is 1470. The fourth-order valence-electron chi connectivity index (χ4n) is 4.82. The van der Waals surface area contributed by atoms with E-state index < -0.39 is 0 Å². The van der Waals surface area contributed by atoms with Gasteiger partial charge in [-0.15, -0.1) is 24.8 Å². The van der Waals surface area contributed by atoms with Gasteiger partial charge in [0.25, 0.3) is 11.8 Å². The summed E-state index contributed by atoms with van der Waals surface area (Å²) in [6.07, 6.45) is 2.94. The normalized spacial score (nSPS) is 12.7. The molecule has 0 spiro atoms. The van der Waals surface area contributed by atoms with Crippen molar-refractivity contribution in [2.24, 2.45) is 0 Å². The molecule has 0 saturated heterocycles. The fraction of sp³-hybridized carbons (Fsp3) is 0.276. The van der Waals surface area contributed by atoms with Crippen LogP contribution in [0.15, 0.2) is 60.7 Å². The molecular weight excluding hydrogens is 537 g/mol. The maximum Gasteiger partial charge on any atom is 0.259 e. The second kappa shape index (κ2) is 13.0. The summed E-state index contributed by atoms with van der Waals surface area (Å²) in [5.41, 5.74) is 5.10. The topological polar surface area (TPSA) is 90.6 Å². The third kappa shape index (κ3) is 6.36. The average Bonchev–Trinajstić information content (AvgIpc) is 3.18. The number of anilines is 2. The fourth-order valence-corrected chi connectivity index (χ4v) is 4.82. The highest BCUT2D eigenvalue weighted by molar-refractivity contribution is 6.11. The van der Waals surface area contributed by atoms with Gasteiger partial charge in [0, 0.05) is 17.8 Å². The van der Waals surface area contributed by atoms with E-state index in [-0.39, 0.29) is 36.6 Å². The Morgan fingerprint density at radius 1 is 1.05 bits per heavy atom. The number of H-pyrrole nitrogens is 1. The summed E-state index contributed by atoms with van der Waals surface area (Å²) in [4.78, 5) is 38.6. The molecule has 2 N–H and O–H groups in total. The summed E-state index contributed by atoms with van der Waals surface area (Å²) in [5.74, 6) is 0.723. The molecule has 8 nitrogen and oxygen atoms in total. The van der Waals surface area contributed by atoms with Crippen LogP contribution in [0.2, 0.25) is 0 Å². The Morgan fingerprint density at radius 2 is 1.85 bits per heavy atom. The van der Waals surface area contributed by atoms with Crippen LogP contribution in [0.4, 0.5) is 11.4 Å². The van der Waals surface area contributed by atoms with Crippen LogP contribution in [0.25, 0.3) is 11.0 Å². The number of ether oxygens (including phenoxy) is 1. The van der Waals surface area contributed by atoms with Crippen molar-refractivity contribution in [1.29, 1.82) is 0 Å². The number of nitrogens with zero attached hydrogens (tertiary/aromatic N) is 3. The minimum absolute atomic E-state index is 0. The molecule has 1 aliphatic rings. The third-order valence-electron chi connectivity index (χ3n) is 6.57. The molecule has 1 aromatic heterocycles. The predicted molar refractivity (Wildman–Crippen MR) is 160 cm³/mol. The van der Waals surface area contributed by atoms with Crippen molar-refractivity contribution in [3.05, 3.63) is 83.2 Å². The Balaban J connectivity index is 0.00000210. The lowest BCUT2D eigenvalue weighted by molar-refractivity contribution is 0.0982. The number of imidazole rings is 1. The van der Waals surface area contributed by atoms with Crippen LogP contribution in [0.5, 0.6) is 5.75 Å². The number of carbonyl (C=O) groups excluding carboxylic acids is 2. The molecule has 0 radical (unpaired) electrons. The van der Waals surface area contributed by atoms with Crippen LogP contribution >= 0.6 is 24.8 Å². The highest BCUT2D eigenvalue weighted by Crippen LogP contribution is 2.30. The molecule has 0 fully saturated rings. The highest BCUT2D eigenvalue weighted by Gasteiger charge is 2.24. The first-order valence-electron chi connectivity index (χ1n) is 12.5. The Morgan fingerprint density at radius 3 is 2.62 bits per heavy atom. The zero-order chi connectivity index (χ0) is 25.9. The van der Waals surface area contributed by atoms with Gasteiger partial charge in [0.15, 0.2) is 0 Å². The number of hydrogen-bond donors (Lipinski definition) is 2. The van der Waals surface area contributed by atoms with Crippen molar-refractivity contribution in [2.75, 3.05) is 38.0 Å². The van der Waals surface area contributed by atoms with Crippen LogP contribution < -0.4 is 15.0 Å². The summed E-state index contributed by atoms with van der Waals surface area (Å²) in [6.45, 7) is 1.32. The summed E-state index contributed by atoms with van der Waals surface area (Å²) < 4.78 is 5.55. The Kier molecular flexibility index (Phi) is 9.97. The SMILES string of the molecule is COc1cc(C(=O)N2CCCCc3ccccc32)ccc1C(=O)Nc1cccc2[nH]c(CN(C)C)nc12.Cl.Cl. The lowest BCUT2D eigenvalue weighted by Gasteiger charge is -2.23. The number of aromatic nitrogens is 2. The molecule has 206 valence electrons. The van der Waals surface area contributed by atoms with Crippen molar-refractivity contribution in [1.82, 2.24) is 14.9 Å². The minimum Gasteiger partial charge on any atom is -0.496 e. The first-order chi connectivity index (χ1) is 17.9. The van der Waals surface area contributed by atoms with Crippen LogP contribution in [0, 0.1) is 0 Å². The van der Waals surface area contributed by atoms with Crippen molar-refractivity contribution in [3.63, 3.8) is 0 Å². The summed E-state index contributed by atoms with van der Waals surface area (Å²) in [7, 11) is 5.45. The number of methoxy groups -OCH3 is 1. The zero-order valence-electron chi connectivity index (χ0n) is 22.2. The van der Waals surface area contributed by atoms with Gasteiger partial charge in [-0.25, -0.2) is 4.98 Å². The standard InChI is InChI=1S/C29H31N5O3.2ClH/c1-33(2)18-26-30-22-11-8-12-23(27(22)32-26)31-28(35)21-15-14-20(17-25(21)37-3)29(36)34-16-7-6-10-19-9-4-5-13-24(19)34;;/h4-5,8-9,11-15,17H,6-7,10,16,18H2,1-3H3,(H,30,32)(H,31,35);2*1H. The number of benzene rings is 3. The number of rotatable bonds is 6. The Labute approximate surface area is 240 Å². The average molecular weight is 571 g/mol. The molecule has 0 atom stereocenters. The van der Waals surface area contributed by atoms with E-state index in [1.54, 1.807) is 18.2 Å². The van der Waals surface area contributed by atoms with E-state index in [1.165, 1.54) is 12.7 Å². The monoisotopic (exact) mass is 569 g/mol. The maximum atomic E-state index is 13.5. The molecule has 4 aromatic rings. The highest BCUT2D eigenvalue weighted by atomic mass is 35.5. The van der Waals surface area contributed by atoms with Crippen molar-refractivity contribution in [3.8, 4) is 5.75 Å². The number of hydrogen-bond acceptors (Lipinski definition) is 5. The van der Waals surface area contributed by atoms with E-state index in [1.807, 2.05) is 60.3 Å². The van der Waals surface area contributed by atoms with Gasteiger partial charge in [-0.05, 0) is 75.3 Å². The van der Waals surface area contributed by atoms with Gasteiger partial charge in [0.05, 0.1) is 30.4 Å². The zero-order valence-corrected chi connectivity index (χ0v) is 23.8. The number of para-hydroxylation sites is 2. The smallest absolute Gasteiger partial charge is 0.259 e. The van der Waals surface area contributed by atoms with E-state index >= 15 is 0 Å². The first-order valence-corrected chi connectivity index (χ1v) is 12.5. The van der Waals surface area contributed by atoms with Gasteiger partial charge in [0.2, 0.25) is 0 Å². The number of aromatic amines is 1. The molecule has 0 bridgehead atoms. The largest absolute Gasteiger partial charge is 0.496 e.